The molecule has 98 valence electrons. The van der Waals surface area contributed by atoms with Gasteiger partial charge in [-0.05, 0) is 24.3 Å². The largest absolute Gasteiger partial charge is 0.397 e. The number of aromatic nitrogens is 2. The van der Waals surface area contributed by atoms with Crippen molar-refractivity contribution < 1.29 is 13.2 Å². The van der Waals surface area contributed by atoms with E-state index in [0.29, 0.717) is 17.7 Å². The molecule has 2 aromatic rings. The van der Waals surface area contributed by atoms with Crippen molar-refractivity contribution in [1.29, 1.82) is 0 Å². The van der Waals surface area contributed by atoms with E-state index in [9.17, 15) is 13.2 Å². The molecular formula is C12H11N3O3S. The minimum Gasteiger partial charge on any atom is -0.397 e. The van der Waals surface area contributed by atoms with E-state index >= 15 is 0 Å². The molecule has 7 heteroatoms. The van der Waals surface area contributed by atoms with Crippen LogP contribution in [0.3, 0.4) is 0 Å². The van der Waals surface area contributed by atoms with Crippen molar-refractivity contribution >= 4 is 21.8 Å². The normalized spacial score (nSPS) is 11.2. The van der Waals surface area contributed by atoms with Gasteiger partial charge in [0.25, 0.3) is 0 Å². The quantitative estimate of drug-likeness (QED) is 0.837. The lowest BCUT2D eigenvalue weighted by atomic mass is 10.2. The SMILES string of the molecule is CS(=O)(=O)c1ccc(-c2ccc(N)c(C=O)n2)nc1. The molecule has 0 aromatic carbocycles. The average Bonchev–Trinajstić information content (AvgIpc) is 2.38. The van der Waals surface area contributed by atoms with Gasteiger partial charge in [0.05, 0.1) is 22.0 Å². The van der Waals surface area contributed by atoms with Gasteiger partial charge in [-0.15, -0.1) is 0 Å². The van der Waals surface area contributed by atoms with Crippen molar-refractivity contribution in [2.75, 3.05) is 12.0 Å². The van der Waals surface area contributed by atoms with Crippen LogP contribution < -0.4 is 5.73 Å². The first-order chi connectivity index (χ1) is 8.91. The Morgan fingerprint density at radius 1 is 1.16 bits per heavy atom. The van der Waals surface area contributed by atoms with E-state index in [1.165, 1.54) is 18.3 Å². The first-order valence-corrected chi connectivity index (χ1v) is 7.19. The van der Waals surface area contributed by atoms with Gasteiger partial charge in [-0.25, -0.2) is 13.4 Å². The van der Waals surface area contributed by atoms with Crippen molar-refractivity contribution in [2.24, 2.45) is 0 Å². The van der Waals surface area contributed by atoms with Crippen LogP contribution in [0.1, 0.15) is 10.5 Å². The van der Waals surface area contributed by atoms with Crippen LogP contribution in [0.15, 0.2) is 35.4 Å². The van der Waals surface area contributed by atoms with Crippen molar-refractivity contribution in [3.63, 3.8) is 0 Å². The minimum atomic E-state index is -3.28. The van der Waals surface area contributed by atoms with Crippen molar-refractivity contribution in [3.05, 3.63) is 36.2 Å². The number of nitrogens with zero attached hydrogens (tertiary/aromatic N) is 2. The number of rotatable bonds is 3. The van der Waals surface area contributed by atoms with Gasteiger partial charge in [0.15, 0.2) is 16.1 Å². The second-order valence-corrected chi connectivity index (χ2v) is 5.96. The van der Waals surface area contributed by atoms with E-state index in [1.807, 2.05) is 0 Å². The van der Waals surface area contributed by atoms with Crippen molar-refractivity contribution in [1.82, 2.24) is 9.97 Å². The Labute approximate surface area is 110 Å². The third-order valence-electron chi connectivity index (χ3n) is 2.50. The number of hydrogen-bond acceptors (Lipinski definition) is 6. The summed E-state index contributed by atoms with van der Waals surface area (Å²) in [6.07, 6.45) is 2.92. The third-order valence-corrected chi connectivity index (χ3v) is 3.59. The van der Waals surface area contributed by atoms with Gasteiger partial charge in [0.2, 0.25) is 0 Å². The van der Waals surface area contributed by atoms with Crippen LogP contribution in [0.4, 0.5) is 5.69 Å². The molecule has 0 fully saturated rings. The summed E-state index contributed by atoms with van der Waals surface area (Å²) in [5, 5.41) is 0. The summed E-state index contributed by atoms with van der Waals surface area (Å²) in [7, 11) is -3.28. The maximum absolute atomic E-state index is 11.3. The van der Waals surface area contributed by atoms with E-state index in [0.717, 1.165) is 6.26 Å². The molecule has 0 saturated carbocycles. The fourth-order valence-electron chi connectivity index (χ4n) is 1.47. The molecule has 0 aliphatic carbocycles. The van der Waals surface area contributed by atoms with Gasteiger partial charge in [-0.3, -0.25) is 9.78 Å². The van der Waals surface area contributed by atoms with Crippen LogP contribution in [-0.4, -0.2) is 30.9 Å². The molecule has 0 spiro atoms. The summed E-state index contributed by atoms with van der Waals surface area (Å²) in [6, 6.07) is 6.14. The smallest absolute Gasteiger partial charge is 0.177 e. The lowest BCUT2D eigenvalue weighted by molar-refractivity contribution is 0.112. The summed E-state index contributed by atoms with van der Waals surface area (Å²) in [6.45, 7) is 0. The lowest BCUT2D eigenvalue weighted by Gasteiger charge is -2.04. The van der Waals surface area contributed by atoms with Gasteiger partial charge in [-0.2, -0.15) is 0 Å². The standard InChI is InChI=1S/C12H11N3O3S/c1-19(17,18)8-2-4-10(14-6-8)11-5-3-9(13)12(7-16)15-11/h2-7H,13H2,1H3. The fourth-order valence-corrected chi connectivity index (χ4v) is 2.03. The molecule has 0 aliphatic rings. The third kappa shape index (κ3) is 2.76. The molecule has 0 atom stereocenters. The zero-order valence-electron chi connectivity index (χ0n) is 10.1. The molecule has 0 unspecified atom stereocenters. The summed E-state index contributed by atoms with van der Waals surface area (Å²) in [4.78, 5) is 19.0. The van der Waals surface area contributed by atoms with Crippen LogP contribution in [0, 0.1) is 0 Å². The molecule has 0 saturated heterocycles. The predicted octanol–water partition coefficient (Wildman–Crippen LogP) is 0.942. The summed E-state index contributed by atoms with van der Waals surface area (Å²) in [5.41, 5.74) is 6.90. The van der Waals surface area contributed by atoms with Crippen LogP contribution in [0.2, 0.25) is 0 Å². The highest BCUT2D eigenvalue weighted by Gasteiger charge is 2.09. The Kier molecular flexibility index (Phi) is 3.30. The van der Waals surface area contributed by atoms with Crippen LogP contribution in [-0.2, 0) is 9.84 Å². The summed E-state index contributed by atoms with van der Waals surface area (Å²) < 4.78 is 22.6. The van der Waals surface area contributed by atoms with Crippen molar-refractivity contribution in [3.8, 4) is 11.4 Å². The van der Waals surface area contributed by atoms with Gasteiger partial charge in [-0.1, -0.05) is 0 Å². The summed E-state index contributed by atoms with van der Waals surface area (Å²) >= 11 is 0. The lowest BCUT2D eigenvalue weighted by Crippen LogP contribution is -2.00. The Hall–Kier alpha value is -2.28. The molecule has 6 nitrogen and oxygen atoms in total. The Morgan fingerprint density at radius 2 is 1.84 bits per heavy atom. The number of pyridine rings is 2. The topological polar surface area (TPSA) is 103 Å². The number of aldehydes is 1. The van der Waals surface area contributed by atoms with Crippen LogP contribution in [0.25, 0.3) is 11.4 Å². The van der Waals surface area contributed by atoms with E-state index in [2.05, 4.69) is 9.97 Å². The Morgan fingerprint density at radius 3 is 2.37 bits per heavy atom. The van der Waals surface area contributed by atoms with Gasteiger partial charge in [0.1, 0.15) is 5.69 Å². The monoisotopic (exact) mass is 277 g/mol. The maximum atomic E-state index is 11.3. The molecule has 0 bridgehead atoms. The van der Waals surface area contributed by atoms with E-state index in [-0.39, 0.29) is 16.3 Å². The first-order valence-electron chi connectivity index (χ1n) is 5.30. The van der Waals surface area contributed by atoms with Crippen LogP contribution >= 0.6 is 0 Å². The fraction of sp³-hybridized carbons (Fsp3) is 0.0833. The molecule has 19 heavy (non-hydrogen) atoms. The second kappa shape index (κ2) is 4.77. The number of anilines is 1. The van der Waals surface area contributed by atoms with Crippen LogP contribution in [0.5, 0.6) is 0 Å². The second-order valence-electron chi connectivity index (χ2n) is 3.94. The average molecular weight is 277 g/mol. The maximum Gasteiger partial charge on any atom is 0.177 e. The molecule has 2 aromatic heterocycles. The zero-order chi connectivity index (χ0) is 14.0. The predicted molar refractivity (Wildman–Crippen MR) is 70.4 cm³/mol. The minimum absolute atomic E-state index is 0.127. The zero-order valence-corrected chi connectivity index (χ0v) is 10.9. The highest BCUT2D eigenvalue weighted by atomic mass is 32.2. The number of hydrogen-bond donors (Lipinski definition) is 1. The number of carbonyl (C=O) groups excluding carboxylic acids is 1. The molecular weight excluding hydrogens is 266 g/mol. The molecule has 2 N–H and O–H groups in total. The molecule has 0 aliphatic heterocycles. The van der Waals surface area contributed by atoms with E-state index in [4.69, 9.17) is 5.73 Å². The van der Waals surface area contributed by atoms with Gasteiger partial charge in [0, 0.05) is 12.5 Å². The first kappa shape index (κ1) is 13.2. The summed E-state index contributed by atoms with van der Waals surface area (Å²) in [5.74, 6) is 0. The van der Waals surface area contributed by atoms with E-state index in [1.54, 1.807) is 12.1 Å². The number of carbonyl (C=O) groups is 1. The highest BCUT2D eigenvalue weighted by Crippen LogP contribution is 2.19. The van der Waals surface area contributed by atoms with E-state index < -0.39 is 9.84 Å². The van der Waals surface area contributed by atoms with Gasteiger partial charge < -0.3 is 5.73 Å². The molecule has 2 heterocycles. The Bertz CT molecular complexity index is 724. The molecule has 0 radical (unpaired) electrons. The van der Waals surface area contributed by atoms with Crippen molar-refractivity contribution in [2.45, 2.75) is 4.90 Å². The number of sulfone groups is 1. The Balaban J connectivity index is 2.46. The molecule has 2 rings (SSSR count). The molecule has 0 amide bonds. The number of nitrogens with two attached hydrogens (primary N) is 1. The highest BCUT2D eigenvalue weighted by molar-refractivity contribution is 7.90. The van der Waals surface area contributed by atoms with Gasteiger partial charge >= 0.3 is 0 Å². The number of nitrogen functional groups attached to an aromatic ring is 1.